The average molecular weight is 390 g/mol. The molecule has 1 aliphatic rings. The fourth-order valence-electron chi connectivity index (χ4n) is 2.79. The predicted molar refractivity (Wildman–Crippen MR) is 92.8 cm³/mol. The number of fused-ring (bicyclic) bond motifs is 3. The van der Waals surface area contributed by atoms with Gasteiger partial charge >= 0.3 is 6.18 Å². The number of nitrogen functional groups attached to an aromatic ring is 1. The molecule has 2 aromatic rings. The van der Waals surface area contributed by atoms with Gasteiger partial charge in [0.25, 0.3) is 0 Å². The van der Waals surface area contributed by atoms with Crippen LogP contribution in [0.3, 0.4) is 0 Å². The number of rotatable bonds is 4. The van der Waals surface area contributed by atoms with E-state index in [1.807, 2.05) is 5.32 Å². The van der Waals surface area contributed by atoms with E-state index in [2.05, 4.69) is 16.9 Å². The molecule has 2 aromatic heterocycles. The van der Waals surface area contributed by atoms with Crippen molar-refractivity contribution in [2.24, 2.45) is 5.92 Å². The van der Waals surface area contributed by atoms with Crippen molar-refractivity contribution in [3.63, 3.8) is 0 Å². The second kappa shape index (κ2) is 6.99. The standard InChI is InChI=1S/C15H17F3N4OS2/c1-7-2-3-8-9(4-7)25-13-11(8)12(19)21-14(22-13)24-5-10(23)20-6-15(16,17)18/h7H,2-6H2,1H3,(H,20,23)(H2,19,21,22)/t7-/m1/s1. The predicted octanol–water partition coefficient (Wildman–Crippen LogP) is 3.17. The number of alkyl halides is 3. The number of aromatic nitrogens is 2. The number of carbonyl (C=O) groups excluding carboxylic acids is 1. The van der Waals surface area contributed by atoms with Gasteiger partial charge in [0, 0.05) is 4.88 Å². The molecule has 0 spiro atoms. The van der Waals surface area contributed by atoms with Crippen LogP contribution in [0.2, 0.25) is 0 Å². The van der Waals surface area contributed by atoms with Crippen LogP contribution >= 0.6 is 23.1 Å². The molecule has 136 valence electrons. The molecule has 1 amide bonds. The minimum Gasteiger partial charge on any atom is -0.383 e. The number of aryl methyl sites for hydroxylation is 1. The Bertz CT molecular complexity index is 806. The van der Waals surface area contributed by atoms with Gasteiger partial charge in [-0.3, -0.25) is 4.79 Å². The summed E-state index contributed by atoms with van der Waals surface area (Å²) >= 11 is 2.57. The Kier molecular flexibility index (Phi) is 5.10. The van der Waals surface area contributed by atoms with Gasteiger partial charge in [0.1, 0.15) is 17.2 Å². The number of hydrogen-bond donors (Lipinski definition) is 2. The highest BCUT2D eigenvalue weighted by molar-refractivity contribution is 7.99. The highest BCUT2D eigenvalue weighted by Gasteiger charge is 2.28. The lowest BCUT2D eigenvalue weighted by Gasteiger charge is -2.17. The number of nitrogens with two attached hydrogens (primary N) is 1. The van der Waals surface area contributed by atoms with E-state index in [0.29, 0.717) is 16.9 Å². The lowest BCUT2D eigenvalue weighted by atomic mass is 9.89. The number of amides is 1. The number of nitrogens with zero attached hydrogens (tertiary/aromatic N) is 2. The molecule has 0 aliphatic heterocycles. The number of halogens is 3. The second-order valence-corrected chi connectivity index (χ2v) is 8.13. The Labute approximate surface area is 150 Å². The molecule has 3 rings (SSSR count). The van der Waals surface area contributed by atoms with Crippen molar-refractivity contribution in [2.45, 2.75) is 37.5 Å². The molecule has 0 saturated heterocycles. The van der Waals surface area contributed by atoms with Crippen LogP contribution < -0.4 is 11.1 Å². The summed E-state index contributed by atoms with van der Waals surface area (Å²) in [5.41, 5.74) is 7.29. The first kappa shape index (κ1) is 18.2. The lowest BCUT2D eigenvalue weighted by Crippen LogP contribution is -2.34. The van der Waals surface area contributed by atoms with Crippen molar-refractivity contribution in [3.8, 4) is 0 Å². The smallest absolute Gasteiger partial charge is 0.383 e. The van der Waals surface area contributed by atoms with Crippen LogP contribution in [0.25, 0.3) is 10.2 Å². The zero-order valence-electron chi connectivity index (χ0n) is 13.4. The normalized spacial score (nSPS) is 17.5. The van der Waals surface area contributed by atoms with Gasteiger partial charge in [-0.05, 0) is 30.7 Å². The van der Waals surface area contributed by atoms with Crippen molar-refractivity contribution in [3.05, 3.63) is 10.4 Å². The van der Waals surface area contributed by atoms with Crippen molar-refractivity contribution < 1.29 is 18.0 Å². The topological polar surface area (TPSA) is 80.9 Å². The maximum absolute atomic E-state index is 12.1. The second-order valence-electron chi connectivity index (χ2n) is 6.10. The van der Waals surface area contributed by atoms with E-state index in [0.717, 1.165) is 41.2 Å². The first-order chi connectivity index (χ1) is 11.7. The summed E-state index contributed by atoms with van der Waals surface area (Å²) in [6.07, 6.45) is -1.37. The number of hydrogen-bond acceptors (Lipinski definition) is 6. The lowest BCUT2D eigenvalue weighted by molar-refractivity contribution is -0.136. The van der Waals surface area contributed by atoms with Crippen molar-refractivity contribution >= 4 is 45.0 Å². The van der Waals surface area contributed by atoms with Gasteiger partial charge in [-0.1, -0.05) is 18.7 Å². The average Bonchev–Trinajstić information content (AvgIpc) is 2.87. The van der Waals surface area contributed by atoms with E-state index in [9.17, 15) is 18.0 Å². The van der Waals surface area contributed by atoms with Gasteiger partial charge in [0.2, 0.25) is 5.91 Å². The summed E-state index contributed by atoms with van der Waals surface area (Å²) in [7, 11) is 0. The van der Waals surface area contributed by atoms with E-state index < -0.39 is 18.6 Å². The quantitative estimate of drug-likeness (QED) is 0.619. The molecule has 2 heterocycles. The Balaban J connectivity index is 1.72. The van der Waals surface area contributed by atoms with E-state index >= 15 is 0 Å². The highest BCUT2D eigenvalue weighted by Crippen LogP contribution is 2.39. The molecular weight excluding hydrogens is 373 g/mol. The SMILES string of the molecule is C[C@@H]1CCc2c(sc3nc(SCC(=O)NCC(F)(F)F)nc(N)c23)C1. The summed E-state index contributed by atoms with van der Waals surface area (Å²) in [6.45, 7) is 0.869. The first-order valence-electron chi connectivity index (χ1n) is 7.77. The molecule has 3 N–H and O–H groups in total. The van der Waals surface area contributed by atoms with Gasteiger partial charge in [0.15, 0.2) is 5.16 Å². The minimum absolute atomic E-state index is 0.191. The van der Waals surface area contributed by atoms with Crippen molar-refractivity contribution in [1.82, 2.24) is 15.3 Å². The maximum Gasteiger partial charge on any atom is 0.405 e. The third-order valence-electron chi connectivity index (χ3n) is 3.98. The Morgan fingerprint density at radius 1 is 1.44 bits per heavy atom. The van der Waals surface area contributed by atoms with Gasteiger partial charge < -0.3 is 11.1 Å². The molecule has 0 bridgehead atoms. The molecule has 1 atom stereocenters. The molecule has 0 radical (unpaired) electrons. The summed E-state index contributed by atoms with van der Waals surface area (Å²) in [5.74, 6) is 0.0865. The molecule has 10 heteroatoms. The summed E-state index contributed by atoms with van der Waals surface area (Å²) in [4.78, 5) is 22.2. The molecule has 0 fully saturated rings. The minimum atomic E-state index is -4.42. The van der Waals surface area contributed by atoms with Gasteiger partial charge in [-0.15, -0.1) is 11.3 Å². The largest absolute Gasteiger partial charge is 0.405 e. The Hall–Kier alpha value is -1.55. The number of anilines is 1. The van der Waals surface area contributed by atoms with Crippen LogP contribution in [0, 0.1) is 5.92 Å². The molecule has 25 heavy (non-hydrogen) atoms. The molecule has 1 aliphatic carbocycles. The highest BCUT2D eigenvalue weighted by atomic mass is 32.2. The molecule has 0 aromatic carbocycles. The van der Waals surface area contributed by atoms with E-state index in [1.165, 1.54) is 10.4 Å². The van der Waals surface area contributed by atoms with Gasteiger partial charge in [0.05, 0.1) is 11.1 Å². The summed E-state index contributed by atoms with van der Waals surface area (Å²) < 4.78 is 36.3. The third kappa shape index (κ3) is 4.35. The molecule has 5 nitrogen and oxygen atoms in total. The van der Waals surface area contributed by atoms with E-state index in [1.54, 1.807) is 11.3 Å². The number of nitrogens with one attached hydrogen (secondary N) is 1. The van der Waals surface area contributed by atoms with Crippen LogP contribution in [0.4, 0.5) is 19.0 Å². The number of carbonyl (C=O) groups is 1. The van der Waals surface area contributed by atoms with E-state index in [4.69, 9.17) is 5.73 Å². The molecule has 0 saturated carbocycles. The third-order valence-corrected chi connectivity index (χ3v) is 5.98. The zero-order chi connectivity index (χ0) is 18.2. The Morgan fingerprint density at radius 2 is 2.20 bits per heavy atom. The van der Waals surface area contributed by atoms with Crippen LogP contribution in [-0.4, -0.2) is 34.3 Å². The maximum atomic E-state index is 12.1. The van der Waals surface area contributed by atoms with Crippen LogP contribution in [0.1, 0.15) is 23.8 Å². The summed E-state index contributed by atoms with van der Waals surface area (Å²) in [6, 6.07) is 0. The Morgan fingerprint density at radius 3 is 2.92 bits per heavy atom. The summed E-state index contributed by atoms with van der Waals surface area (Å²) in [5, 5.41) is 3.01. The molecule has 0 unspecified atom stereocenters. The van der Waals surface area contributed by atoms with Crippen LogP contribution in [0.5, 0.6) is 0 Å². The van der Waals surface area contributed by atoms with Crippen LogP contribution in [0.15, 0.2) is 5.16 Å². The monoisotopic (exact) mass is 390 g/mol. The number of thiophene rings is 1. The fraction of sp³-hybridized carbons (Fsp3) is 0.533. The van der Waals surface area contributed by atoms with Gasteiger partial charge in [-0.2, -0.15) is 13.2 Å². The van der Waals surface area contributed by atoms with Crippen LogP contribution in [-0.2, 0) is 17.6 Å². The number of thioether (sulfide) groups is 1. The molecular formula is C15H17F3N4OS2. The fourth-order valence-corrected chi connectivity index (χ4v) is 4.92. The van der Waals surface area contributed by atoms with Crippen molar-refractivity contribution in [1.29, 1.82) is 0 Å². The van der Waals surface area contributed by atoms with Crippen molar-refractivity contribution in [2.75, 3.05) is 18.0 Å². The zero-order valence-corrected chi connectivity index (χ0v) is 15.1. The van der Waals surface area contributed by atoms with Gasteiger partial charge in [-0.25, -0.2) is 9.97 Å². The first-order valence-corrected chi connectivity index (χ1v) is 9.57. The van der Waals surface area contributed by atoms with E-state index in [-0.39, 0.29) is 5.75 Å².